The Kier molecular flexibility index (Phi) is 4.50. The van der Waals surface area contributed by atoms with E-state index >= 15 is 0 Å². The third kappa shape index (κ3) is 2.90. The summed E-state index contributed by atoms with van der Waals surface area (Å²) in [7, 11) is 5.13. The molecule has 1 rings (SSSR count). The van der Waals surface area contributed by atoms with Gasteiger partial charge in [-0.05, 0) is 14.0 Å². The summed E-state index contributed by atoms with van der Waals surface area (Å²) >= 11 is 0. The van der Waals surface area contributed by atoms with Crippen molar-refractivity contribution in [2.24, 2.45) is 0 Å². The van der Waals surface area contributed by atoms with E-state index in [0.717, 1.165) is 19.6 Å². The minimum Gasteiger partial charge on any atom is -0.468 e. The van der Waals surface area contributed by atoms with Crippen LogP contribution in [-0.4, -0.2) is 68.9 Å². The second-order valence-corrected chi connectivity index (χ2v) is 3.87. The van der Waals surface area contributed by atoms with Gasteiger partial charge in [0.05, 0.1) is 7.11 Å². The molecule has 0 amide bonds. The number of esters is 1. The predicted octanol–water partition coefficient (Wildman–Crippen LogP) is -0.232. The molecule has 2 atom stereocenters. The number of carbonyl (C=O) groups excluding carboxylic acids is 1. The zero-order valence-electron chi connectivity index (χ0n) is 9.90. The number of methoxy groups -OCH3 is 2. The van der Waals surface area contributed by atoms with Crippen molar-refractivity contribution in [1.82, 2.24) is 9.80 Å². The van der Waals surface area contributed by atoms with Crippen molar-refractivity contribution in [2.75, 3.05) is 40.9 Å². The molecule has 1 saturated heterocycles. The highest BCUT2D eigenvalue weighted by molar-refractivity contribution is 5.75. The summed E-state index contributed by atoms with van der Waals surface area (Å²) in [5.41, 5.74) is 0. The van der Waals surface area contributed by atoms with Gasteiger partial charge in [-0.25, -0.2) is 0 Å². The maximum absolute atomic E-state index is 11.4. The van der Waals surface area contributed by atoms with Crippen molar-refractivity contribution in [1.29, 1.82) is 0 Å². The monoisotopic (exact) mass is 216 g/mol. The lowest BCUT2D eigenvalue weighted by molar-refractivity contribution is -0.150. The zero-order chi connectivity index (χ0) is 11.4. The molecule has 1 aliphatic heterocycles. The first-order valence-electron chi connectivity index (χ1n) is 5.15. The van der Waals surface area contributed by atoms with Gasteiger partial charge in [0.15, 0.2) is 0 Å². The Labute approximate surface area is 90.9 Å². The Bertz CT molecular complexity index is 223. The van der Waals surface area contributed by atoms with Gasteiger partial charge in [-0.1, -0.05) is 0 Å². The van der Waals surface area contributed by atoms with Crippen molar-refractivity contribution < 1.29 is 14.3 Å². The van der Waals surface area contributed by atoms with Crippen LogP contribution in [0.15, 0.2) is 0 Å². The Morgan fingerprint density at radius 3 is 2.60 bits per heavy atom. The van der Waals surface area contributed by atoms with E-state index in [0.29, 0.717) is 0 Å². The molecule has 15 heavy (non-hydrogen) atoms. The molecule has 0 aromatic heterocycles. The standard InChI is InChI=1S/C10H20N2O3/c1-8(10(13)15-4)12-6-5-11(2)9(7-12)14-3/h8-9H,5-7H2,1-4H3. The summed E-state index contributed by atoms with van der Waals surface area (Å²) in [6, 6.07) is -0.193. The van der Waals surface area contributed by atoms with Gasteiger partial charge in [-0.3, -0.25) is 14.6 Å². The molecule has 0 saturated carbocycles. The number of nitrogens with zero attached hydrogens (tertiary/aromatic N) is 2. The average molecular weight is 216 g/mol. The van der Waals surface area contributed by atoms with Crippen molar-refractivity contribution in [3.05, 3.63) is 0 Å². The van der Waals surface area contributed by atoms with Crippen LogP contribution < -0.4 is 0 Å². The highest BCUT2D eigenvalue weighted by Gasteiger charge is 2.30. The van der Waals surface area contributed by atoms with Gasteiger partial charge in [0, 0.05) is 26.7 Å². The van der Waals surface area contributed by atoms with Gasteiger partial charge < -0.3 is 9.47 Å². The number of ether oxygens (including phenoxy) is 2. The maximum Gasteiger partial charge on any atom is 0.322 e. The molecule has 2 unspecified atom stereocenters. The molecular formula is C10H20N2O3. The van der Waals surface area contributed by atoms with Crippen molar-refractivity contribution >= 4 is 5.97 Å². The third-order valence-electron chi connectivity index (χ3n) is 2.98. The lowest BCUT2D eigenvalue weighted by atomic mass is 10.2. The molecule has 0 aliphatic carbocycles. The summed E-state index contributed by atoms with van der Waals surface area (Å²) in [5, 5.41) is 0. The topological polar surface area (TPSA) is 42.0 Å². The Hall–Kier alpha value is -0.650. The lowest BCUT2D eigenvalue weighted by Crippen LogP contribution is -2.56. The largest absolute Gasteiger partial charge is 0.468 e. The van der Waals surface area contributed by atoms with Gasteiger partial charge in [0.1, 0.15) is 12.3 Å². The molecule has 1 heterocycles. The fraction of sp³-hybridized carbons (Fsp3) is 0.900. The first kappa shape index (κ1) is 12.4. The zero-order valence-corrected chi connectivity index (χ0v) is 9.90. The fourth-order valence-corrected chi connectivity index (χ4v) is 1.79. The van der Waals surface area contributed by atoms with E-state index in [9.17, 15) is 4.79 Å². The number of piperazine rings is 1. The van der Waals surface area contributed by atoms with Crippen molar-refractivity contribution in [3.8, 4) is 0 Å². The third-order valence-corrected chi connectivity index (χ3v) is 2.98. The van der Waals surface area contributed by atoms with E-state index in [1.54, 1.807) is 7.11 Å². The van der Waals surface area contributed by atoms with Crippen molar-refractivity contribution in [3.63, 3.8) is 0 Å². The van der Waals surface area contributed by atoms with Crippen LogP contribution in [0.4, 0.5) is 0 Å². The van der Waals surface area contributed by atoms with Crippen LogP contribution in [0.3, 0.4) is 0 Å². The van der Waals surface area contributed by atoms with Crippen LogP contribution in [0, 0.1) is 0 Å². The number of hydrogen-bond acceptors (Lipinski definition) is 5. The van der Waals surface area contributed by atoms with Crippen molar-refractivity contribution in [2.45, 2.75) is 19.2 Å². The molecule has 88 valence electrons. The minimum absolute atomic E-state index is 0.0610. The van der Waals surface area contributed by atoms with Gasteiger partial charge in [-0.2, -0.15) is 0 Å². The van der Waals surface area contributed by atoms with Gasteiger partial charge in [0.25, 0.3) is 0 Å². The van der Waals surface area contributed by atoms with E-state index in [4.69, 9.17) is 9.47 Å². The second-order valence-electron chi connectivity index (χ2n) is 3.87. The highest BCUT2D eigenvalue weighted by atomic mass is 16.5. The van der Waals surface area contributed by atoms with Crippen LogP contribution in [-0.2, 0) is 14.3 Å². The summed E-state index contributed by atoms with van der Waals surface area (Å²) in [4.78, 5) is 15.6. The lowest BCUT2D eigenvalue weighted by Gasteiger charge is -2.40. The number of hydrogen-bond donors (Lipinski definition) is 0. The summed E-state index contributed by atoms with van der Waals surface area (Å²) in [6.45, 7) is 4.37. The first-order valence-corrected chi connectivity index (χ1v) is 5.15. The number of likely N-dealkylation sites (N-methyl/N-ethyl adjacent to an activating group) is 1. The Balaban J connectivity index is 2.54. The minimum atomic E-state index is -0.193. The molecule has 0 aromatic carbocycles. The molecule has 5 nitrogen and oxygen atoms in total. The highest BCUT2D eigenvalue weighted by Crippen LogP contribution is 2.11. The Morgan fingerprint density at radius 2 is 2.07 bits per heavy atom. The molecule has 0 radical (unpaired) electrons. The van der Waals surface area contributed by atoms with E-state index < -0.39 is 0 Å². The molecule has 5 heteroatoms. The average Bonchev–Trinajstić information content (AvgIpc) is 2.27. The van der Waals surface area contributed by atoms with E-state index in [-0.39, 0.29) is 18.2 Å². The van der Waals surface area contributed by atoms with Gasteiger partial charge in [0.2, 0.25) is 0 Å². The van der Waals surface area contributed by atoms with Crippen LogP contribution >= 0.6 is 0 Å². The quantitative estimate of drug-likeness (QED) is 0.609. The number of carbonyl (C=O) groups is 1. The molecule has 0 spiro atoms. The maximum atomic E-state index is 11.4. The van der Waals surface area contributed by atoms with Crippen LogP contribution in [0.1, 0.15) is 6.92 Å². The first-order chi connectivity index (χ1) is 7.10. The van der Waals surface area contributed by atoms with Crippen LogP contribution in [0.25, 0.3) is 0 Å². The van der Waals surface area contributed by atoms with E-state index in [2.05, 4.69) is 9.80 Å². The second kappa shape index (κ2) is 5.44. The summed E-state index contributed by atoms with van der Waals surface area (Å²) in [6.07, 6.45) is 0.0610. The summed E-state index contributed by atoms with van der Waals surface area (Å²) in [5.74, 6) is -0.186. The SMILES string of the molecule is COC(=O)C(C)N1CCN(C)C(OC)C1. The molecule has 0 N–H and O–H groups in total. The number of rotatable bonds is 3. The summed E-state index contributed by atoms with van der Waals surface area (Å²) < 4.78 is 10.1. The molecule has 0 aromatic rings. The predicted molar refractivity (Wildman–Crippen MR) is 56.5 cm³/mol. The van der Waals surface area contributed by atoms with Crippen LogP contribution in [0.5, 0.6) is 0 Å². The van der Waals surface area contributed by atoms with Crippen LogP contribution in [0.2, 0.25) is 0 Å². The van der Waals surface area contributed by atoms with E-state index in [1.165, 1.54) is 7.11 Å². The van der Waals surface area contributed by atoms with E-state index in [1.807, 2.05) is 14.0 Å². The van der Waals surface area contributed by atoms with Gasteiger partial charge in [-0.15, -0.1) is 0 Å². The molecule has 1 aliphatic rings. The fourth-order valence-electron chi connectivity index (χ4n) is 1.79. The molecule has 0 bridgehead atoms. The molecular weight excluding hydrogens is 196 g/mol. The molecule has 1 fully saturated rings. The smallest absolute Gasteiger partial charge is 0.322 e. The Morgan fingerprint density at radius 1 is 1.40 bits per heavy atom. The van der Waals surface area contributed by atoms with Gasteiger partial charge >= 0.3 is 5.97 Å². The normalized spacial score (nSPS) is 26.3.